The van der Waals surface area contributed by atoms with Crippen LogP contribution < -0.4 is 5.43 Å². The Hall–Kier alpha value is -0.810. The molecule has 4 nitrogen and oxygen atoms in total. The lowest BCUT2D eigenvalue weighted by atomic mass is 9.35. The van der Waals surface area contributed by atoms with E-state index >= 15 is 0 Å². The number of hydrazone groups is 1. The summed E-state index contributed by atoms with van der Waals surface area (Å²) in [6, 6.07) is 5.50. The number of fused-ring (bicyclic) bond motifs is 5. The van der Waals surface area contributed by atoms with Crippen LogP contribution in [0.25, 0.3) is 0 Å². The van der Waals surface area contributed by atoms with E-state index in [2.05, 4.69) is 60.8 Å². The number of halogens is 2. The molecule has 1 saturated heterocycles. The number of benzene rings is 1. The van der Waals surface area contributed by atoms with Crippen molar-refractivity contribution in [1.29, 1.82) is 0 Å². The van der Waals surface area contributed by atoms with E-state index in [9.17, 15) is 5.11 Å². The van der Waals surface area contributed by atoms with Crippen molar-refractivity contribution in [1.82, 2.24) is 0 Å². The minimum atomic E-state index is -0.270. The van der Waals surface area contributed by atoms with Crippen molar-refractivity contribution in [2.45, 2.75) is 137 Å². The van der Waals surface area contributed by atoms with Gasteiger partial charge in [0.15, 0.2) is 0 Å². The lowest BCUT2D eigenvalue weighted by Crippen LogP contribution is -2.66. The standard InChI is InChI=1S/C36H54Cl2N2O2/c1-31(2)15-9-16-36(8,42-31)23-12-18-35(7)30(23)26(41)21-28-33(5)17-14-29(32(3,4)27(33)13-19-34(28,35)6)40-39-25-11-10-22(37)20-24(25)38/h10-11,20,23,26-28,30,39,41H,9,12-19,21H2,1-8H3/b40-29+/t23-,26+,27-,28+,30-,33-,34+,35+,36+/m0/s1. The molecular formula is C36H54Cl2N2O2. The Bertz CT molecular complexity index is 1260. The summed E-state index contributed by atoms with van der Waals surface area (Å²) in [5, 5.41) is 18.4. The molecule has 6 rings (SSSR count). The Morgan fingerprint density at radius 1 is 0.881 bits per heavy atom. The van der Waals surface area contributed by atoms with E-state index < -0.39 is 0 Å². The molecule has 5 fully saturated rings. The van der Waals surface area contributed by atoms with Crippen LogP contribution in [0.5, 0.6) is 0 Å². The summed E-state index contributed by atoms with van der Waals surface area (Å²) >= 11 is 12.6. The molecule has 0 amide bonds. The zero-order valence-electron chi connectivity index (χ0n) is 27.2. The van der Waals surface area contributed by atoms with E-state index in [0.29, 0.717) is 33.7 Å². The van der Waals surface area contributed by atoms with Crippen LogP contribution >= 0.6 is 23.2 Å². The van der Waals surface area contributed by atoms with Gasteiger partial charge in [-0.15, -0.1) is 0 Å². The monoisotopic (exact) mass is 616 g/mol. The summed E-state index contributed by atoms with van der Waals surface area (Å²) in [4.78, 5) is 0. The topological polar surface area (TPSA) is 53.9 Å². The van der Waals surface area contributed by atoms with Crippen molar-refractivity contribution in [3.05, 3.63) is 28.2 Å². The number of aliphatic hydroxyl groups is 1. The second kappa shape index (κ2) is 10.1. The maximum Gasteiger partial charge on any atom is 0.0749 e. The third-order valence-electron chi connectivity index (χ3n) is 14.2. The Balaban J connectivity index is 1.28. The number of anilines is 1. The van der Waals surface area contributed by atoms with Gasteiger partial charge in [-0.2, -0.15) is 5.10 Å². The van der Waals surface area contributed by atoms with Crippen LogP contribution in [0, 0.1) is 45.3 Å². The molecule has 42 heavy (non-hydrogen) atoms. The van der Waals surface area contributed by atoms with Gasteiger partial charge < -0.3 is 9.84 Å². The number of aliphatic hydroxyl groups excluding tert-OH is 1. The molecule has 0 spiro atoms. The highest BCUT2D eigenvalue weighted by Crippen LogP contribution is 2.76. The third kappa shape index (κ3) is 4.54. The van der Waals surface area contributed by atoms with Crippen molar-refractivity contribution >= 4 is 34.6 Å². The Morgan fingerprint density at radius 2 is 1.60 bits per heavy atom. The molecule has 4 saturated carbocycles. The molecule has 1 heterocycles. The van der Waals surface area contributed by atoms with Gasteiger partial charge in [-0.1, -0.05) is 57.8 Å². The molecule has 9 atom stereocenters. The van der Waals surface area contributed by atoms with Gasteiger partial charge in [0.05, 0.1) is 28.0 Å². The van der Waals surface area contributed by atoms with Crippen LogP contribution in [0.2, 0.25) is 10.0 Å². The third-order valence-corrected chi connectivity index (χ3v) is 14.7. The molecule has 2 N–H and O–H groups in total. The molecule has 0 bridgehead atoms. The first-order valence-corrected chi connectivity index (χ1v) is 17.4. The zero-order valence-corrected chi connectivity index (χ0v) is 28.8. The van der Waals surface area contributed by atoms with Crippen molar-refractivity contribution in [3.8, 4) is 0 Å². The predicted molar refractivity (Wildman–Crippen MR) is 175 cm³/mol. The minimum Gasteiger partial charge on any atom is -0.393 e. The van der Waals surface area contributed by atoms with E-state index in [-0.39, 0.29) is 39.0 Å². The Kier molecular flexibility index (Phi) is 7.50. The van der Waals surface area contributed by atoms with Gasteiger partial charge >= 0.3 is 0 Å². The van der Waals surface area contributed by atoms with Crippen LogP contribution in [0.1, 0.15) is 120 Å². The van der Waals surface area contributed by atoms with Crippen LogP contribution in [-0.2, 0) is 4.74 Å². The van der Waals surface area contributed by atoms with Crippen molar-refractivity contribution in [3.63, 3.8) is 0 Å². The fourth-order valence-electron chi connectivity index (χ4n) is 12.0. The fraction of sp³-hybridized carbons (Fsp3) is 0.806. The van der Waals surface area contributed by atoms with Crippen molar-refractivity contribution < 1.29 is 9.84 Å². The van der Waals surface area contributed by atoms with E-state index in [1.165, 1.54) is 37.8 Å². The van der Waals surface area contributed by atoms with Crippen LogP contribution in [0.4, 0.5) is 5.69 Å². The van der Waals surface area contributed by atoms with Crippen LogP contribution in [0.15, 0.2) is 23.3 Å². The molecule has 234 valence electrons. The largest absolute Gasteiger partial charge is 0.393 e. The Morgan fingerprint density at radius 3 is 2.29 bits per heavy atom. The highest BCUT2D eigenvalue weighted by molar-refractivity contribution is 6.36. The first-order chi connectivity index (χ1) is 19.5. The summed E-state index contributed by atoms with van der Waals surface area (Å²) in [6.45, 7) is 19.5. The average molecular weight is 618 g/mol. The lowest BCUT2D eigenvalue weighted by molar-refractivity contribution is -0.244. The summed E-state index contributed by atoms with van der Waals surface area (Å²) in [5.74, 6) is 1.74. The lowest BCUT2D eigenvalue weighted by Gasteiger charge is -2.70. The fourth-order valence-corrected chi connectivity index (χ4v) is 12.5. The molecule has 0 unspecified atom stereocenters. The van der Waals surface area contributed by atoms with Gasteiger partial charge in [0, 0.05) is 16.1 Å². The van der Waals surface area contributed by atoms with E-state index in [0.717, 1.165) is 37.8 Å². The number of hydrogen-bond donors (Lipinski definition) is 2. The highest BCUT2D eigenvalue weighted by Gasteiger charge is 2.71. The first-order valence-electron chi connectivity index (χ1n) is 16.6. The second-order valence-electron chi connectivity index (χ2n) is 17.0. The van der Waals surface area contributed by atoms with Gasteiger partial charge in [0.2, 0.25) is 0 Å². The molecular weight excluding hydrogens is 563 g/mol. The summed E-state index contributed by atoms with van der Waals surface area (Å²) in [7, 11) is 0. The SMILES string of the molecule is CC1(C)CCC[C@](C)([C@H]2CC[C@]3(C)[C@@H]2[C@H](O)C[C@@H]2[C@@]4(C)CC/C(=N\Nc5ccc(Cl)cc5Cl)C(C)(C)[C@@H]4CC[C@]23C)O1. The highest BCUT2D eigenvalue weighted by atomic mass is 35.5. The molecule has 4 aliphatic carbocycles. The van der Waals surface area contributed by atoms with E-state index in [4.69, 9.17) is 33.0 Å². The number of hydrogen-bond acceptors (Lipinski definition) is 4. The smallest absolute Gasteiger partial charge is 0.0749 e. The number of ether oxygens (including phenoxy) is 1. The first kappa shape index (κ1) is 31.2. The maximum absolute atomic E-state index is 12.2. The molecule has 6 heteroatoms. The molecule has 1 aromatic rings. The van der Waals surface area contributed by atoms with Gasteiger partial charge in [0.1, 0.15) is 0 Å². The van der Waals surface area contributed by atoms with Crippen molar-refractivity contribution in [2.24, 2.45) is 50.4 Å². The quantitative estimate of drug-likeness (QED) is 0.332. The summed E-state index contributed by atoms with van der Waals surface area (Å²) in [5.41, 5.74) is 5.50. The predicted octanol–water partition coefficient (Wildman–Crippen LogP) is 10.2. The van der Waals surface area contributed by atoms with Crippen LogP contribution in [0.3, 0.4) is 0 Å². The average Bonchev–Trinajstić information content (AvgIpc) is 3.26. The molecule has 1 aromatic carbocycles. The summed E-state index contributed by atoms with van der Waals surface area (Å²) in [6.07, 6.45) is 11.0. The Labute approximate surface area is 264 Å². The molecule has 0 radical (unpaired) electrons. The zero-order chi connectivity index (χ0) is 30.5. The molecule has 5 aliphatic rings. The van der Waals surface area contributed by atoms with Gasteiger partial charge in [0.25, 0.3) is 0 Å². The van der Waals surface area contributed by atoms with Gasteiger partial charge in [-0.05, 0) is 143 Å². The van der Waals surface area contributed by atoms with Gasteiger partial charge in [-0.25, -0.2) is 0 Å². The summed E-state index contributed by atoms with van der Waals surface area (Å²) < 4.78 is 6.92. The maximum atomic E-state index is 12.2. The number of nitrogens with zero attached hydrogens (tertiary/aromatic N) is 1. The molecule has 1 aliphatic heterocycles. The number of rotatable bonds is 3. The molecule has 0 aromatic heterocycles. The van der Waals surface area contributed by atoms with Crippen LogP contribution in [-0.4, -0.2) is 28.1 Å². The minimum absolute atomic E-state index is 0.0455. The second-order valence-corrected chi connectivity index (χ2v) is 17.8. The van der Waals surface area contributed by atoms with Gasteiger partial charge in [-0.3, -0.25) is 5.43 Å². The van der Waals surface area contributed by atoms with Crippen molar-refractivity contribution in [2.75, 3.05) is 5.43 Å². The van der Waals surface area contributed by atoms with E-state index in [1.807, 2.05) is 12.1 Å². The normalized spacial score (nSPS) is 46.9. The van der Waals surface area contributed by atoms with E-state index in [1.54, 1.807) is 6.07 Å². The number of nitrogens with one attached hydrogen (secondary N) is 1.